The molecule has 0 aliphatic heterocycles. The van der Waals surface area contributed by atoms with Gasteiger partial charge in [-0.15, -0.1) is 0 Å². The molecule has 0 saturated carbocycles. The number of rotatable bonds is 9. The second-order valence-corrected chi connectivity index (χ2v) is 6.42. The Morgan fingerprint density at radius 2 is 1.73 bits per heavy atom. The molecule has 0 spiro atoms. The van der Waals surface area contributed by atoms with E-state index in [1.165, 1.54) is 0 Å². The molecule has 0 amide bonds. The fourth-order valence-electron chi connectivity index (χ4n) is 2.31. The van der Waals surface area contributed by atoms with E-state index >= 15 is 0 Å². The number of aromatic nitrogens is 2. The van der Waals surface area contributed by atoms with Crippen LogP contribution in [0.1, 0.15) is 38.8 Å². The van der Waals surface area contributed by atoms with Crippen LogP contribution < -0.4 is 10.1 Å². The van der Waals surface area contributed by atoms with Crippen molar-refractivity contribution in [2.24, 2.45) is 0 Å². The SMILES string of the molecule is CCOC(=O)C(C)(C)Oc1ccc(CCNc2ncc(CC)cn2)cc1. The molecule has 0 aliphatic rings. The van der Waals surface area contributed by atoms with Crippen molar-refractivity contribution < 1.29 is 14.3 Å². The minimum atomic E-state index is -1.01. The van der Waals surface area contributed by atoms with Gasteiger partial charge in [0.15, 0.2) is 5.60 Å². The lowest BCUT2D eigenvalue weighted by Gasteiger charge is -2.24. The quantitative estimate of drug-likeness (QED) is 0.693. The summed E-state index contributed by atoms with van der Waals surface area (Å²) >= 11 is 0. The summed E-state index contributed by atoms with van der Waals surface area (Å²) in [6.07, 6.45) is 5.45. The van der Waals surface area contributed by atoms with E-state index in [4.69, 9.17) is 9.47 Å². The molecular weight excluding hydrogens is 330 g/mol. The van der Waals surface area contributed by atoms with Crippen molar-refractivity contribution in [3.63, 3.8) is 0 Å². The number of anilines is 1. The van der Waals surface area contributed by atoms with Gasteiger partial charge in [0, 0.05) is 18.9 Å². The minimum absolute atomic E-state index is 0.336. The van der Waals surface area contributed by atoms with Crippen molar-refractivity contribution in [2.45, 2.75) is 46.1 Å². The number of aryl methyl sites for hydroxylation is 1. The highest BCUT2D eigenvalue weighted by Gasteiger charge is 2.31. The number of hydrogen-bond donors (Lipinski definition) is 1. The number of nitrogens with one attached hydrogen (secondary N) is 1. The Labute approximate surface area is 155 Å². The summed E-state index contributed by atoms with van der Waals surface area (Å²) in [5, 5.41) is 3.21. The lowest BCUT2D eigenvalue weighted by atomic mass is 10.1. The first kappa shape index (κ1) is 19.7. The van der Waals surface area contributed by atoms with Gasteiger partial charge in [0.05, 0.1) is 6.61 Å². The number of benzene rings is 1. The summed E-state index contributed by atoms with van der Waals surface area (Å²) in [5.41, 5.74) is 1.27. The van der Waals surface area contributed by atoms with Crippen LogP contribution in [-0.4, -0.2) is 34.7 Å². The van der Waals surface area contributed by atoms with E-state index in [0.717, 1.165) is 30.5 Å². The first-order valence-electron chi connectivity index (χ1n) is 8.94. The zero-order valence-corrected chi connectivity index (χ0v) is 15.9. The van der Waals surface area contributed by atoms with E-state index in [1.807, 2.05) is 36.7 Å². The van der Waals surface area contributed by atoms with Crippen molar-refractivity contribution in [3.8, 4) is 5.75 Å². The van der Waals surface area contributed by atoms with Gasteiger partial charge in [-0.05, 0) is 56.9 Å². The second kappa shape index (κ2) is 9.17. The smallest absolute Gasteiger partial charge is 0.349 e. The molecule has 6 nitrogen and oxygen atoms in total. The average Bonchev–Trinajstić information content (AvgIpc) is 2.64. The average molecular weight is 357 g/mol. The summed E-state index contributed by atoms with van der Waals surface area (Å²) in [4.78, 5) is 20.4. The van der Waals surface area contributed by atoms with Crippen LogP contribution >= 0.6 is 0 Å². The van der Waals surface area contributed by atoms with Crippen molar-refractivity contribution in [1.82, 2.24) is 9.97 Å². The van der Waals surface area contributed by atoms with Gasteiger partial charge in [-0.2, -0.15) is 0 Å². The highest BCUT2D eigenvalue weighted by molar-refractivity contribution is 5.79. The normalized spacial score (nSPS) is 11.1. The Hall–Kier alpha value is -2.63. The lowest BCUT2D eigenvalue weighted by molar-refractivity contribution is -0.158. The fraction of sp³-hybridized carbons (Fsp3) is 0.450. The molecule has 140 valence electrons. The molecule has 1 N–H and O–H groups in total. The third-order valence-corrected chi connectivity index (χ3v) is 3.87. The third-order valence-electron chi connectivity index (χ3n) is 3.87. The highest BCUT2D eigenvalue weighted by Crippen LogP contribution is 2.20. The van der Waals surface area contributed by atoms with E-state index in [9.17, 15) is 4.79 Å². The molecule has 0 radical (unpaired) electrons. The number of hydrogen-bond acceptors (Lipinski definition) is 6. The van der Waals surface area contributed by atoms with Crippen LogP contribution in [-0.2, 0) is 22.4 Å². The molecule has 1 aromatic carbocycles. The Morgan fingerprint density at radius 3 is 2.31 bits per heavy atom. The van der Waals surface area contributed by atoms with Gasteiger partial charge < -0.3 is 14.8 Å². The molecule has 0 saturated heterocycles. The Bertz CT molecular complexity index is 697. The van der Waals surface area contributed by atoms with E-state index in [1.54, 1.807) is 20.8 Å². The first-order valence-corrected chi connectivity index (χ1v) is 8.94. The van der Waals surface area contributed by atoms with Gasteiger partial charge in [-0.25, -0.2) is 14.8 Å². The predicted octanol–water partition coefficient (Wildman–Crippen LogP) is 3.41. The Kier molecular flexibility index (Phi) is 6.95. The number of carbonyl (C=O) groups excluding carboxylic acids is 1. The minimum Gasteiger partial charge on any atom is -0.476 e. The van der Waals surface area contributed by atoms with Gasteiger partial charge in [-0.3, -0.25) is 0 Å². The maximum atomic E-state index is 11.9. The summed E-state index contributed by atoms with van der Waals surface area (Å²) in [7, 11) is 0. The molecular formula is C20H27N3O3. The summed E-state index contributed by atoms with van der Waals surface area (Å²) < 4.78 is 10.8. The molecule has 6 heteroatoms. The van der Waals surface area contributed by atoms with Crippen LogP contribution in [0.3, 0.4) is 0 Å². The molecule has 0 bridgehead atoms. The molecule has 0 fully saturated rings. The predicted molar refractivity (Wildman–Crippen MR) is 101 cm³/mol. The van der Waals surface area contributed by atoms with Crippen LogP contribution in [0.2, 0.25) is 0 Å². The summed E-state index contributed by atoms with van der Waals surface area (Å²) in [5.74, 6) is 0.902. The number of esters is 1. The van der Waals surface area contributed by atoms with Crippen molar-refractivity contribution in [1.29, 1.82) is 0 Å². The molecule has 2 aromatic rings. The van der Waals surface area contributed by atoms with Gasteiger partial charge in [0.25, 0.3) is 0 Å². The number of nitrogens with zero attached hydrogens (tertiary/aromatic N) is 2. The van der Waals surface area contributed by atoms with Gasteiger partial charge in [0.2, 0.25) is 5.95 Å². The maximum Gasteiger partial charge on any atom is 0.349 e. The molecule has 0 atom stereocenters. The number of ether oxygens (including phenoxy) is 2. The molecule has 0 aliphatic carbocycles. The van der Waals surface area contributed by atoms with Gasteiger partial charge >= 0.3 is 5.97 Å². The molecule has 2 rings (SSSR count). The molecule has 1 aromatic heterocycles. The lowest BCUT2D eigenvalue weighted by Crippen LogP contribution is -2.39. The van der Waals surface area contributed by atoms with E-state index in [2.05, 4.69) is 22.2 Å². The summed E-state index contributed by atoms with van der Waals surface area (Å²) in [6, 6.07) is 7.70. The van der Waals surface area contributed by atoms with E-state index in [-0.39, 0.29) is 5.97 Å². The zero-order chi connectivity index (χ0) is 19.0. The van der Waals surface area contributed by atoms with E-state index < -0.39 is 5.60 Å². The maximum absolute atomic E-state index is 11.9. The van der Waals surface area contributed by atoms with E-state index in [0.29, 0.717) is 18.3 Å². The number of carbonyl (C=O) groups is 1. The fourth-order valence-corrected chi connectivity index (χ4v) is 2.31. The van der Waals surface area contributed by atoms with Crippen LogP contribution in [0.15, 0.2) is 36.7 Å². The van der Waals surface area contributed by atoms with Gasteiger partial charge in [-0.1, -0.05) is 19.1 Å². The highest BCUT2D eigenvalue weighted by atomic mass is 16.6. The first-order chi connectivity index (χ1) is 12.4. The van der Waals surface area contributed by atoms with Crippen LogP contribution in [0.4, 0.5) is 5.95 Å². The van der Waals surface area contributed by atoms with Crippen LogP contribution in [0, 0.1) is 0 Å². The second-order valence-electron chi connectivity index (χ2n) is 6.42. The Morgan fingerprint density at radius 1 is 1.08 bits per heavy atom. The van der Waals surface area contributed by atoms with Crippen LogP contribution in [0.5, 0.6) is 5.75 Å². The molecule has 0 unspecified atom stereocenters. The van der Waals surface area contributed by atoms with Crippen molar-refractivity contribution in [2.75, 3.05) is 18.5 Å². The largest absolute Gasteiger partial charge is 0.476 e. The monoisotopic (exact) mass is 357 g/mol. The third kappa shape index (κ3) is 5.72. The zero-order valence-electron chi connectivity index (χ0n) is 15.9. The Balaban J connectivity index is 1.84. The van der Waals surface area contributed by atoms with Crippen molar-refractivity contribution in [3.05, 3.63) is 47.8 Å². The molecule has 1 heterocycles. The standard InChI is InChI=1S/C20H27N3O3/c1-5-15-13-22-19(23-14-15)21-12-11-16-7-9-17(10-8-16)26-20(3,4)18(24)25-6-2/h7-10,13-14H,5-6,11-12H2,1-4H3,(H,21,22,23). The summed E-state index contributed by atoms with van der Waals surface area (Å²) in [6.45, 7) is 8.33. The van der Waals surface area contributed by atoms with Crippen molar-refractivity contribution >= 4 is 11.9 Å². The van der Waals surface area contributed by atoms with Gasteiger partial charge in [0.1, 0.15) is 5.75 Å². The molecule has 26 heavy (non-hydrogen) atoms. The van der Waals surface area contributed by atoms with Crippen LogP contribution in [0.25, 0.3) is 0 Å². The topological polar surface area (TPSA) is 73.3 Å².